The van der Waals surface area contributed by atoms with Crippen molar-refractivity contribution in [1.82, 2.24) is 0 Å². The summed E-state index contributed by atoms with van der Waals surface area (Å²) in [6.07, 6.45) is 3.65. The van der Waals surface area contributed by atoms with Gasteiger partial charge < -0.3 is 4.74 Å². The summed E-state index contributed by atoms with van der Waals surface area (Å²) in [7, 11) is 0. The van der Waals surface area contributed by atoms with Crippen molar-refractivity contribution < 1.29 is 9.13 Å². The van der Waals surface area contributed by atoms with Gasteiger partial charge in [0.05, 0.1) is 10.2 Å². The van der Waals surface area contributed by atoms with Gasteiger partial charge >= 0.3 is 0 Å². The van der Waals surface area contributed by atoms with E-state index in [0.717, 1.165) is 6.07 Å². The Morgan fingerprint density at radius 3 is 3.00 bits per heavy atom. The number of hydrogen-bond donors (Lipinski definition) is 0. The number of nitrogens with zero attached hydrogens (tertiary/aromatic N) is 1. The van der Waals surface area contributed by atoms with Gasteiger partial charge in [0.2, 0.25) is 0 Å². The molecule has 0 aliphatic rings. The summed E-state index contributed by atoms with van der Waals surface area (Å²) in [5, 5.41) is 2.29. The van der Waals surface area contributed by atoms with E-state index in [4.69, 9.17) is 16.3 Å². The zero-order chi connectivity index (χ0) is 12.0. The van der Waals surface area contributed by atoms with Crippen molar-refractivity contribution in [3.05, 3.63) is 35.1 Å². The number of halogens is 2. The number of aliphatic imine (C=N–C) groups is 1. The van der Waals surface area contributed by atoms with Crippen LogP contribution >= 0.6 is 23.8 Å². The monoisotopic (exact) mass is 257 g/mol. The highest BCUT2D eigenvalue weighted by Crippen LogP contribution is 2.31. The molecule has 0 atom stereocenters. The molecule has 84 valence electrons. The van der Waals surface area contributed by atoms with Gasteiger partial charge in [0, 0.05) is 6.07 Å². The van der Waals surface area contributed by atoms with Gasteiger partial charge in [-0.05, 0) is 25.2 Å². The fraction of sp³-hybridized carbons (Fsp3) is 0.182. The molecule has 2 nitrogen and oxygen atoms in total. The first-order valence-corrected chi connectivity index (χ1v) is 5.28. The predicted molar refractivity (Wildman–Crippen MR) is 66.4 cm³/mol. The SMILES string of the molecule is CC=CCOc1cc(N=C=S)c(F)cc1Cl. The molecule has 0 aliphatic carbocycles. The van der Waals surface area contributed by atoms with E-state index in [1.165, 1.54) is 6.07 Å². The van der Waals surface area contributed by atoms with Crippen LogP contribution in [-0.4, -0.2) is 11.8 Å². The number of hydrogen-bond acceptors (Lipinski definition) is 3. The molecule has 0 spiro atoms. The van der Waals surface area contributed by atoms with E-state index in [1.807, 2.05) is 19.1 Å². The van der Waals surface area contributed by atoms with Crippen LogP contribution in [0.1, 0.15) is 6.92 Å². The molecule has 1 rings (SSSR count). The third kappa shape index (κ3) is 3.42. The van der Waals surface area contributed by atoms with Crippen LogP contribution in [0, 0.1) is 5.82 Å². The maximum atomic E-state index is 13.3. The van der Waals surface area contributed by atoms with Crippen LogP contribution in [0.2, 0.25) is 5.02 Å². The molecule has 0 saturated carbocycles. The molecular formula is C11H9ClFNOS. The standard InChI is InChI=1S/C11H9ClFNOS/c1-2-3-4-15-11-6-10(14-7-16)9(13)5-8(11)12/h2-3,5-6H,4H2,1H3. The van der Waals surface area contributed by atoms with Gasteiger partial charge in [0.1, 0.15) is 18.0 Å². The van der Waals surface area contributed by atoms with Gasteiger partial charge in [-0.2, -0.15) is 4.99 Å². The highest BCUT2D eigenvalue weighted by Gasteiger charge is 2.08. The summed E-state index contributed by atoms with van der Waals surface area (Å²) in [6, 6.07) is 2.53. The van der Waals surface area contributed by atoms with Crippen LogP contribution in [0.15, 0.2) is 29.3 Å². The van der Waals surface area contributed by atoms with Crippen molar-refractivity contribution in [2.45, 2.75) is 6.92 Å². The Balaban J connectivity index is 2.99. The lowest BCUT2D eigenvalue weighted by atomic mass is 10.3. The molecule has 0 heterocycles. The van der Waals surface area contributed by atoms with Crippen molar-refractivity contribution in [2.24, 2.45) is 4.99 Å². The first-order chi connectivity index (χ1) is 7.69. The normalized spacial score (nSPS) is 10.2. The molecule has 0 radical (unpaired) electrons. The molecule has 5 heteroatoms. The smallest absolute Gasteiger partial charge is 0.151 e. The van der Waals surface area contributed by atoms with Crippen molar-refractivity contribution in [3.63, 3.8) is 0 Å². The number of rotatable bonds is 4. The molecule has 0 aliphatic heterocycles. The van der Waals surface area contributed by atoms with Crippen molar-refractivity contribution >= 4 is 34.7 Å². The third-order valence-electron chi connectivity index (χ3n) is 1.74. The first kappa shape index (κ1) is 12.8. The minimum absolute atomic E-state index is 0.0647. The van der Waals surface area contributed by atoms with Gasteiger partial charge in [-0.1, -0.05) is 23.8 Å². The third-order valence-corrected chi connectivity index (χ3v) is 2.12. The van der Waals surface area contributed by atoms with Crippen molar-refractivity contribution in [3.8, 4) is 5.75 Å². The lowest BCUT2D eigenvalue weighted by molar-refractivity contribution is 0.362. The lowest BCUT2D eigenvalue weighted by Gasteiger charge is -2.06. The summed E-state index contributed by atoms with van der Waals surface area (Å²) in [4.78, 5) is 3.57. The van der Waals surface area contributed by atoms with Crippen LogP contribution in [0.4, 0.5) is 10.1 Å². The number of ether oxygens (including phenoxy) is 1. The summed E-state index contributed by atoms with van der Waals surface area (Å²) >= 11 is 10.2. The minimum Gasteiger partial charge on any atom is -0.488 e. The van der Waals surface area contributed by atoms with E-state index in [2.05, 4.69) is 22.4 Å². The van der Waals surface area contributed by atoms with Crippen LogP contribution in [-0.2, 0) is 0 Å². The fourth-order valence-electron chi connectivity index (χ4n) is 0.998. The van der Waals surface area contributed by atoms with E-state index in [0.29, 0.717) is 12.4 Å². The van der Waals surface area contributed by atoms with Gasteiger partial charge in [-0.3, -0.25) is 0 Å². The lowest BCUT2D eigenvalue weighted by Crippen LogP contribution is -1.94. The Kier molecular flexibility index (Phi) is 5.12. The van der Waals surface area contributed by atoms with E-state index in [1.54, 1.807) is 0 Å². The largest absolute Gasteiger partial charge is 0.488 e. The van der Waals surface area contributed by atoms with Crippen molar-refractivity contribution in [2.75, 3.05) is 6.61 Å². The zero-order valence-corrected chi connectivity index (χ0v) is 10.1. The molecule has 0 bridgehead atoms. The second-order valence-corrected chi connectivity index (χ2v) is 3.41. The summed E-state index contributed by atoms with van der Waals surface area (Å²) in [5.74, 6) is -0.189. The Morgan fingerprint density at radius 2 is 2.38 bits per heavy atom. The molecular weight excluding hydrogens is 249 g/mol. The van der Waals surface area contributed by atoms with Crippen LogP contribution < -0.4 is 4.74 Å². The summed E-state index contributed by atoms with van der Waals surface area (Å²) in [6.45, 7) is 2.24. The van der Waals surface area contributed by atoms with Gasteiger partial charge in [0.15, 0.2) is 5.82 Å². The number of benzene rings is 1. The highest BCUT2D eigenvalue weighted by atomic mass is 35.5. The Morgan fingerprint density at radius 1 is 1.62 bits per heavy atom. The van der Waals surface area contributed by atoms with E-state index in [9.17, 15) is 4.39 Å². The molecule has 0 saturated heterocycles. The number of thiocarbonyl (C=S) groups is 1. The summed E-state index contributed by atoms with van der Waals surface area (Å²) < 4.78 is 18.6. The van der Waals surface area contributed by atoms with Crippen LogP contribution in [0.5, 0.6) is 5.75 Å². The van der Waals surface area contributed by atoms with Gasteiger partial charge in [0.25, 0.3) is 0 Å². The predicted octanol–water partition coefficient (Wildman–Crippen LogP) is 4.17. The molecule has 0 unspecified atom stereocenters. The second-order valence-electron chi connectivity index (χ2n) is 2.82. The summed E-state index contributed by atoms with van der Waals surface area (Å²) in [5.41, 5.74) is 0.0647. The molecule has 0 aromatic heterocycles. The maximum absolute atomic E-state index is 13.3. The number of allylic oxidation sites excluding steroid dienone is 1. The Labute approximate surface area is 103 Å². The quantitative estimate of drug-likeness (QED) is 0.459. The van der Waals surface area contributed by atoms with Gasteiger partial charge in [-0.15, -0.1) is 0 Å². The van der Waals surface area contributed by atoms with Gasteiger partial charge in [-0.25, -0.2) is 4.39 Å². The minimum atomic E-state index is -0.555. The topological polar surface area (TPSA) is 21.6 Å². The molecule has 0 fully saturated rings. The average molecular weight is 258 g/mol. The molecule has 1 aromatic rings. The van der Waals surface area contributed by atoms with Crippen molar-refractivity contribution in [1.29, 1.82) is 0 Å². The maximum Gasteiger partial charge on any atom is 0.151 e. The molecule has 16 heavy (non-hydrogen) atoms. The molecule has 0 amide bonds. The van der Waals surface area contributed by atoms with E-state index < -0.39 is 5.82 Å². The highest BCUT2D eigenvalue weighted by molar-refractivity contribution is 7.78. The van der Waals surface area contributed by atoms with Crippen LogP contribution in [0.3, 0.4) is 0 Å². The zero-order valence-electron chi connectivity index (χ0n) is 8.54. The fourth-order valence-corrected chi connectivity index (χ4v) is 1.30. The second kappa shape index (κ2) is 6.38. The first-order valence-electron chi connectivity index (χ1n) is 4.50. The molecule has 1 aromatic carbocycles. The van der Waals surface area contributed by atoms with Crippen LogP contribution in [0.25, 0.3) is 0 Å². The number of isothiocyanates is 1. The van der Waals surface area contributed by atoms with E-state index >= 15 is 0 Å². The van der Waals surface area contributed by atoms with E-state index in [-0.39, 0.29) is 10.7 Å². The Hall–Kier alpha value is -1.22. The average Bonchev–Trinajstić information content (AvgIpc) is 2.25. The molecule has 0 N–H and O–H groups in total. The Bertz CT molecular complexity index is 456.